The van der Waals surface area contributed by atoms with Gasteiger partial charge in [-0.25, -0.2) is 20.8 Å². The van der Waals surface area contributed by atoms with Crippen molar-refractivity contribution in [3.8, 4) is 0 Å². The third kappa shape index (κ3) is 4.88. The van der Waals surface area contributed by atoms with Crippen molar-refractivity contribution in [3.63, 3.8) is 0 Å². The maximum atomic E-state index is 12.8. The molecule has 4 aliphatic rings. The number of aromatic nitrogens is 2. The summed E-state index contributed by atoms with van der Waals surface area (Å²) in [6.45, 7) is 4.40. The topological polar surface area (TPSA) is 127 Å². The number of pyridine rings is 2. The molecule has 2 fully saturated rings. The van der Waals surface area contributed by atoms with Crippen molar-refractivity contribution in [1.82, 2.24) is 36.6 Å². The van der Waals surface area contributed by atoms with Crippen molar-refractivity contribution in [1.29, 1.82) is 0 Å². The number of ether oxygens (including phenoxy) is 1. The Kier molecular flexibility index (Phi) is 7.00. The molecule has 0 spiro atoms. The number of piperidine rings is 1. The Morgan fingerprint density at radius 3 is 2.85 bits per heavy atom. The lowest BCUT2D eigenvalue weighted by Crippen LogP contribution is -2.57. The van der Waals surface area contributed by atoms with E-state index in [1.807, 2.05) is 30.4 Å². The summed E-state index contributed by atoms with van der Waals surface area (Å²) in [4.78, 5) is 23.9. The van der Waals surface area contributed by atoms with Gasteiger partial charge in [-0.3, -0.25) is 15.2 Å². The zero-order valence-electron chi connectivity index (χ0n) is 21.6. The van der Waals surface area contributed by atoms with E-state index in [-0.39, 0.29) is 29.4 Å². The van der Waals surface area contributed by atoms with Crippen LogP contribution in [0.5, 0.6) is 0 Å². The van der Waals surface area contributed by atoms with Gasteiger partial charge in [0.2, 0.25) is 0 Å². The Bertz CT molecular complexity index is 1350. The third-order valence-electron chi connectivity index (χ3n) is 7.55. The van der Waals surface area contributed by atoms with Crippen molar-refractivity contribution < 1.29 is 14.6 Å². The predicted molar refractivity (Wildman–Crippen MR) is 147 cm³/mol. The first-order valence-electron chi connectivity index (χ1n) is 13.1. The number of aliphatic hydroxyl groups excluding tert-OH is 1. The fourth-order valence-corrected chi connectivity index (χ4v) is 5.65. The van der Waals surface area contributed by atoms with Crippen molar-refractivity contribution in [3.05, 3.63) is 82.2 Å². The van der Waals surface area contributed by atoms with Crippen molar-refractivity contribution in [2.75, 3.05) is 37.7 Å². The minimum atomic E-state index is -0.740. The molecule has 12 heteroatoms. The number of amides is 1. The molecule has 39 heavy (non-hydrogen) atoms. The molecule has 5 N–H and O–H groups in total. The molecule has 0 saturated carbocycles. The zero-order chi connectivity index (χ0) is 27.0. The molecule has 204 valence electrons. The summed E-state index contributed by atoms with van der Waals surface area (Å²) in [5.74, 6) is 1.25. The van der Waals surface area contributed by atoms with Gasteiger partial charge in [-0.15, -0.1) is 0 Å². The third-order valence-corrected chi connectivity index (χ3v) is 7.86. The van der Waals surface area contributed by atoms with Crippen molar-refractivity contribution in [2.24, 2.45) is 0 Å². The number of nitrogens with zero attached hydrogens (tertiary/aromatic N) is 4. The van der Waals surface area contributed by atoms with Gasteiger partial charge in [0.1, 0.15) is 23.4 Å². The summed E-state index contributed by atoms with van der Waals surface area (Å²) < 4.78 is 5.83. The van der Waals surface area contributed by atoms with Gasteiger partial charge in [-0.2, -0.15) is 0 Å². The van der Waals surface area contributed by atoms with Crippen LogP contribution in [0.2, 0.25) is 5.02 Å². The van der Waals surface area contributed by atoms with Crippen LogP contribution in [-0.2, 0) is 4.74 Å². The maximum absolute atomic E-state index is 12.8. The highest BCUT2D eigenvalue weighted by Crippen LogP contribution is 2.38. The van der Waals surface area contributed by atoms with Crippen LogP contribution in [0.15, 0.2) is 66.0 Å². The van der Waals surface area contributed by atoms with Gasteiger partial charge < -0.3 is 20.1 Å². The van der Waals surface area contributed by atoms with Gasteiger partial charge in [-0.05, 0) is 50.1 Å². The maximum Gasteiger partial charge on any atom is 0.271 e. The summed E-state index contributed by atoms with van der Waals surface area (Å²) in [6.07, 6.45) is 8.61. The highest BCUT2D eigenvalue weighted by molar-refractivity contribution is 6.33. The van der Waals surface area contributed by atoms with Crippen LogP contribution in [0.25, 0.3) is 5.57 Å². The number of nitrogens with one attached hydrogen (secondary N) is 4. The number of carbonyl (C=O) groups is 1. The molecule has 1 atom stereocenters. The Labute approximate surface area is 231 Å². The molecule has 6 rings (SSSR count). The van der Waals surface area contributed by atoms with Gasteiger partial charge >= 0.3 is 0 Å². The predicted octanol–water partition coefficient (Wildman–Crippen LogP) is 1.67. The van der Waals surface area contributed by atoms with Gasteiger partial charge in [-0.1, -0.05) is 11.6 Å². The number of carbonyl (C=O) groups excluding carboxylic acids is 1. The number of allylic oxidation sites excluding steroid dienone is 2. The quantitative estimate of drug-likeness (QED) is 0.347. The second kappa shape index (κ2) is 10.6. The van der Waals surface area contributed by atoms with E-state index in [4.69, 9.17) is 21.3 Å². The molecule has 2 aromatic rings. The van der Waals surface area contributed by atoms with E-state index in [0.717, 1.165) is 35.0 Å². The molecule has 0 aromatic carbocycles. The lowest BCUT2D eigenvalue weighted by molar-refractivity contribution is 0.0783. The van der Waals surface area contributed by atoms with Crippen LogP contribution >= 0.6 is 11.6 Å². The molecule has 2 saturated heterocycles. The van der Waals surface area contributed by atoms with Crippen LogP contribution in [0.4, 0.5) is 5.82 Å². The van der Waals surface area contributed by atoms with E-state index in [0.29, 0.717) is 32.5 Å². The number of fused-ring (bicyclic) bond motifs is 2. The molecule has 4 aliphatic heterocycles. The number of aliphatic hydroxyl groups is 1. The summed E-state index contributed by atoms with van der Waals surface area (Å²) in [7, 11) is 0. The number of halogens is 1. The van der Waals surface area contributed by atoms with E-state index in [2.05, 4.69) is 43.6 Å². The highest BCUT2D eigenvalue weighted by atomic mass is 35.5. The first-order chi connectivity index (χ1) is 19.0. The zero-order valence-corrected chi connectivity index (χ0v) is 22.3. The summed E-state index contributed by atoms with van der Waals surface area (Å²) in [5.41, 5.74) is 13.7. The SMILES string of the molecule is CCOC1=CN2NC3NNCC3=C2C(c2ccc(N3CCC(CO)(NC(=O)c4ncccc4Cl)CC3)nc2)=C1. The molecular weight excluding hydrogens is 520 g/mol. The monoisotopic (exact) mass is 550 g/mol. The second-order valence-corrected chi connectivity index (χ2v) is 10.4. The van der Waals surface area contributed by atoms with Crippen LogP contribution < -0.4 is 26.5 Å². The summed E-state index contributed by atoms with van der Waals surface area (Å²) in [5, 5.41) is 15.5. The number of rotatable bonds is 7. The van der Waals surface area contributed by atoms with E-state index in [1.165, 1.54) is 11.8 Å². The molecule has 0 radical (unpaired) electrons. The average Bonchev–Trinajstić information content (AvgIpc) is 3.55. The first kappa shape index (κ1) is 25.8. The van der Waals surface area contributed by atoms with Crippen molar-refractivity contribution in [2.45, 2.75) is 31.5 Å². The average molecular weight is 551 g/mol. The Morgan fingerprint density at radius 1 is 1.28 bits per heavy atom. The number of hydrogen-bond donors (Lipinski definition) is 5. The fourth-order valence-electron chi connectivity index (χ4n) is 5.44. The molecule has 6 heterocycles. The highest BCUT2D eigenvalue weighted by Gasteiger charge is 2.38. The van der Waals surface area contributed by atoms with E-state index < -0.39 is 5.54 Å². The van der Waals surface area contributed by atoms with Crippen LogP contribution in [0, 0.1) is 0 Å². The lowest BCUT2D eigenvalue weighted by Gasteiger charge is -2.41. The second-order valence-electron chi connectivity index (χ2n) is 9.94. The van der Waals surface area contributed by atoms with Crippen LogP contribution in [0.1, 0.15) is 35.8 Å². The Balaban J connectivity index is 1.17. The minimum Gasteiger partial charge on any atom is -0.492 e. The Morgan fingerprint density at radius 2 is 2.13 bits per heavy atom. The van der Waals surface area contributed by atoms with E-state index in [1.54, 1.807) is 12.1 Å². The first-order valence-corrected chi connectivity index (χ1v) is 13.5. The normalized spacial score (nSPS) is 21.8. The Hall–Kier alpha value is -3.48. The molecular formula is C27H31ClN8O3. The van der Waals surface area contributed by atoms with Crippen LogP contribution in [0.3, 0.4) is 0 Å². The van der Waals surface area contributed by atoms with Crippen molar-refractivity contribution >= 4 is 28.9 Å². The van der Waals surface area contributed by atoms with Crippen LogP contribution in [-0.4, -0.2) is 70.5 Å². The molecule has 0 aliphatic carbocycles. The van der Waals surface area contributed by atoms with E-state index >= 15 is 0 Å². The number of anilines is 1. The molecule has 1 amide bonds. The molecule has 0 bridgehead atoms. The smallest absolute Gasteiger partial charge is 0.271 e. The summed E-state index contributed by atoms with van der Waals surface area (Å²) in [6, 6.07) is 7.40. The summed E-state index contributed by atoms with van der Waals surface area (Å²) >= 11 is 6.15. The lowest BCUT2D eigenvalue weighted by atomic mass is 9.88. The van der Waals surface area contributed by atoms with E-state index in [9.17, 15) is 9.90 Å². The molecule has 2 aromatic heterocycles. The minimum absolute atomic E-state index is 0.0298. The van der Waals surface area contributed by atoms with Gasteiger partial charge in [0.05, 0.1) is 35.7 Å². The number of hydrazine groups is 2. The fraction of sp³-hybridized carbons (Fsp3) is 0.370. The standard InChI is InChI=1S/C27H31ClN8O3/c1-2-39-18-12-19(24-20-14-31-33-25(20)34-36(24)15-18)17-5-6-22(30-13-17)35-10-7-27(16-37,8-11-35)32-26(38)23-21(28)4-3-9-29-23/h3-6,9,12-13,15,25,31,33-34,37H,2,7-8,10-11,14,16H2,1H3,(H,32,38). The molecule has 11 nitrogen and oxygen atoms in total. The largest absolute Gasteiger partial charge is 0.492 e. The molecule has 1 unspecified atom stereocenters. The number of hydrogen-bond acceptors (Lipinski definition) is 10. The van der Waals surface area contributed by atoms with Gasteiger partial charge in [0.25, 0.3) is 5.91 Å². The van der Waals surface area contributed by atoms with Gasteiger partial charge in [0, 0.05) is 48.7 Å². The van der Waals surface area contributed by atoms with Gasteiger partial charge in [0.15, 0.2) is 0 Å².